The van der Waals surface area contributed by atoms with Crippen molar-refractivity contribution in [2.24, 2.45) is 5.92 Å². The van der Waals surface area contributed by atoms with Crippen LogP contribution in [0, 0.1) is 5.92 Å². The Labute approximate surface area is 96.8 Å². The van der Waals surface area contributed by atoms with E-state index in [4.69, 9.17) is 0 Å². The van der Waals surface area contributed by atoms with Crippen LogP contribution in [0.4, 0.5) is 8.78 Å². The lowest BCUT2D eigenvalue weighted by Gasteiger charge is -2.33. The molecule has 1 atom stereocenters. The molecule has 1 aliphatic rings. The van der Waals surface area contributed by atoms with Gasteiger partial charge >= 0.3 is 0 Å². The third-order valence-electron chi connectivity index (χ3n) is 3.16. The van der Waals surface area contributed by atoms with Gasteiger partial charge in [0.2, 0.25) is 6.43 Å². The Morgan fingerprint density at radius 1 is 1.27 bits per heavy atom. The van der Waals surface area contributed by atoms with Crippen molar-refractivity contribution in [3.8, 4) is 0 Å². The van der Waals surface area contributed by atoms with E-state index in [-0.39, 0.29) is 5.92 Å². The molecule has 0 nitrogen and oxygen atoms in total. The first-order valence-electron chi connectivity index (χ1n) is 5.22. The van der Waals surface area contributed by atoms with Crippen LogP contribution in [0.2, 0.25) is 0 Å². The molecular weight excluding hydrogens is 262 g/mol. The van der Waals surface area contributed by atoms with E-state index in [0.717, 1.165) is 29.3 Å². The van der Waals surface area contributed by atoms with Crippen molar-refractivity contribution in [2.45, 2.75) is 31.6 Å². The van der Waals surface area contributed by atoms with Gasteiger partial charge in [0.1, 0.15) is 0 Å². The van der Waals surface area contributed by atoms with Gasteiger partial charge in [-0.1, -0.05) is 34.5 Å². The molecule has 0 saturated heterocycles. The predicted octanol–water partition coefficient (Wildman–Crippen LogP) is 4.60. The molecule has 0 bridgehead atoms. The fourth-order valence-electron chi connectivity index (χ4n) is 2.14. The van der Waals surface area contributed by atoms with E-state index >= 15 is 0 Å². The van der Waals surface area contributed by atoms with Crippen LogP contribution in [-0.2, 0) is 0 Å². The van der Waals surface area contributed by atoms with Crippen molar-refractivity contribution in [3.63, 3.8) is 0 Å². The summed E-state index contributed by atoms with van der Waals surface area (Å²) < 4.78 is 26.8. The minimum Gasteiger partial charge on any atom is -0.210 e. The van der Waals surface area contributed by atoms with Crippen molar-refractivity contribution >= 4 is 15.9 Å². The summed E-state index contributed by atoms with van der Waals surface area (Å²) in [6.07, 6.45) is 0.745. The Morgan fingerprint density at radius 3 is 2.47 bits per heavy atom. The quantitative estimate of drug-likeness (QED) is 0.756. The number of benzene rings is 1. The number of hydrogen-bond acceptors (Lipinski definition) is 0. The molecule has 0 N–H and O–H groups in total. The average molecular weight is 275 g/mol. The van der Waals surface area contributed by atoms with Crippen molar-refractivity contribution in [3.05, 3.63) is 34.3 Å². The zero-order chi connectivity index (χ0) is 10.8. The van der Waals surface area contributed by atoms with E-state index in [2.05, 4.69) is 15.9 Å². The number of rotatable bonds is 3. The first kappa shape index (κ1) is 11.1. The fraction of sp³-hybridized carbons (Fsp3) is 0.500. The molecule has 0 amide bonds. The van der Waals surface area contributed by atoms with Gasteiger partial charge in [-0.25, -0.2) is 8.78 Å². The Kier molecular flexibility index (Phi) is 3.39. The molecule has 0 radical (unpaired) electrons. The van der Waals surface area contributed by atoms with Crippen LogP contribution in [0.15, 0.2) is 28.7 Å². The molecule has 0 heterocycles. The van der Waals surface area contributed by atoms with Crippen LogP contribution in [0.3, 0.4) is 0 Å². The van der Waals surface area contributed by atoms with Crippen LogP contribution in [0.25, 0.3) is 0 Å². The summed E-state index contributed by atoms with van der Waals surface area (Å²) >= 11 is 3.32. The van der Waals surface area contributed by atoms with Crippen molar-refractivity contribution in [1.29, 1.82) is 0 Å². The second-order valence-corrected chi connectivity index (χ2v) is 5.02. The molecule has 2 rings (SSSR count). The van der Waals surface area contributed by atoms with Crippen LogP contribution in [0.1, 0.15) is 30.7 Å². The zero-order valence-electron chi connectivity index (χ0n) is 8.30. The zero-order valence-corrected chi connectivity index (χ0v) is 9.88. The fourth-order valence-corrected chi connectivity index (χ4v) is 2.55. The van der Waals surface area contributed by atoms with E-state index in [0.29, 0.717) is 0 Å². The molecule has 1 saturated carbocycles. The summed E-state index contributed by atoms with van der Waals surface area (Å²) in [6.45, 7) is 0. The molecule has 0 aromatic heterocycles. The third-order valence-corrected chi connectivity index (χ3v) is 3.66. The SMILES string of the molecule is FC(F)C(c1cccc(Br)c1)C1CCC1. The normalized spacial score (nSPS) is 18.9. The molecular formula is C12H13BrF2. The molecule has 15 heavy (non-hydrogen) atoms. The van der Waals surface area contributed by atoms with Crippen molar-refractivity contribution < 1.29 is 8.78 Å². The van der Waals surface area contributed by atoms with Gasteiger partial charge in [-0.05, 0) is 36.5 Å². The molecule has 1 aliphatic carbocycles. The lowest BCUT2D eigenvalue weighted by molar-refractivity contribution is 0.0617. The van der Waals surface area contributed by atoms with Crippen molar-refractivity contribution in [2.75, 3.05) is 0 Å². The van der Waals surface area contributed by atoms with E-state index in [1.165, 1.54) is 0 Å². The average Bonchev–Trinajstić information content (AvgIpc) is 2.10. The van der Waals surface area contributed by atoms with Gasteiger partial charge in [-0.15, -0.1) is 0 Å². The maximum Gasteiger partial charge on any atom is 0.245 e. The van der Waals surface area contributed by atoms with Crippen LogP contribution in [-0.4, -0.2) is 6.43 Å². The number of hydrogen-bond donors (Lipinski definition) is 0. The van der Waals surface area contributed by atoms with Gasteiger partial charge in [0.15, 0.2) is 0 Å². The first-order chi connectivity index (χ1) is 7.18. The molecule has 1 fully saturated rings. The standard InChI is InChI=1S/C12H13BrF2/c13-10-6-2-5-9(7-10)11(12(14)15)8-3-1-4-8/h2,5-8,11-12H,1,3-4H2. The van der Waals surface area contributed by atoms with Gasteiger partial charge in [-0.3, -0.25) is 0 Å². The Bertz CT molecular complexity index is 334. The highest BCUT2D eigenvalue weighted by atomic mass is 79.9. The Hall–Kier alpha value is -0.440. The third kappa shape index (κ3) is 2.39. The minimum absolute atomic E-state index is 0.180. The van der Waals surface area contributed by atoms with Crippen LogP contribution >= 0.6 is 15.9 Å². The van der Waals surface area contributed by atoms with Gasteiger partial charge in [0, 0.05) is 10.4 Å². The number of halogens is 3. The molecule has 1 aromatic rings. The Balaban J connectivity index is 2.23. The first-order valence-corrected chi connectivity index (χ1v) is 6.01. The van der Waals surface area contributed by atoms with Gasteiger partial charge in [0.25, 0.3) is 0 Å². The largest absolute Gasteiger partial charge is 0.245 e. The smallest absolute Gasteiger partial charge is 0.210 e. The lowest BCUT2D eigenvalue weighted by Crippen LogP contribution is -2.25. The summed E-state index contributed by atoms with van der Waals surface area (Å²) in [5.41, 5.74) is 0.768. The summed E-state index contributed by atoms with van der Waals surface area (Å²) in [6, 6.07) is 7.31. The predicted molar refractivity (Wildman–Crippen MR) is 60.2 cm³/mol. The minimum atomic E-state index is -2.25. The lowest BCUT2D eigenvalue weighted by atomic mass is 9.73. The molecule has 0 aliphatic heterocycles. The molecule has 3 heteroatoms. The summed E-state index contributed by atoms with van der Waals surface area (Å²) in [5.74, 6) is -0.393. The van der Waals surface area contributed by atoms with Crippen LogP contribution < -0.4 is 0 Å². The monoisotopic (exact) mass is 274 g/mol. The van der Waals surface area contributed by atoms with E-state index in [9.17, 15) is 8.78 Å². The molecule has 1 unspecified atom stereocenters. The molecule has 1 aromatic carbocycles. The molecule has 0 spiro atoms. The highest BCUT2D eigenvalue weighted by Gasteiger charge is 2.34. The van der Waals surface area contributed by atoms with Crippen LogP contribution in [0.5, 0.6) is 0 Å². The second-order valence-electron chi connectivity index (χ2n) is 4.11. The highest BCUT2D eigenvalue weighted by Crippen LogP contribution is 2.42. The van der Waals surface area contributed by atoms with Gasteiger partial charge in [0.05, 0.1) is 0 Å². The van der Waals surface area contributed by atoms with Gasteiger partial charge in [-0.2, -0.15) is 0 Å². The maximum absolute atomic E-state index is 13.0. The summed E-state index contributed by atoms with van der Waals surface area (Å²) in [5, 5.41) is 0. The van der Waals surface area contributed by atoms with E-state index in [1.54, 1.807) is 6.07 Å². The highest BCUT2D eigenvalue weighted by molar-refractivity contribution is 9.10. The molecule has 82 valence electrons. The van der Waals surface area contributed by atoms with E-state index in [1.807, 2.05) is 18.2 Å². The van der Waals surface area contributed by atoms with Gasteiger partial charge < -0.3 is 0 Å². The second kappa shape index (κ2) is 4.60. The van der Waals surface area contributed by atoms with E-state index < -0.39 is 12.3 Å². The summed E-state index contributed by atoms with van der Waals surface area (Å²) in [4.78, 5) is 0. The topological polar surface area (TPSA) is 0 Å². The number of alkyl halides is 2. The van der Waals surface area contributed by atoms with Crippen molar-refractivity contribution in [1.82, 2.24) is 0 Å². The summed E-state index contributed by atoms with van der Waals surface area (Å²) in [7, 11) is 0. The maximum atomic E-state index is 13.0. The Morgan fingerprint density at radius 2 is 2.00 bits per heavy atom.